The van der Waals surface area contributed by atoms with Gasteiger partial charge in [0.15, 0.2) is 0 Å². The van der Waals surface area contributed by atoms with E-state index in [1.165, 1.54) is 0 Å². The molecule has 1 fully saturated rings. The second-order valence-electron chi connectivity index (χ2n) is 4.87. The van der Waals surface area contributed by atoms with E-state index in [-0.39, 0.29) is 18.8 Å². The van der Waals surface area contributed by atoms with E-state index in [2.05, 4.69) is 5.32 Å². The smallest absolute Gasteiger partial charge is 0.407 e. The molecule has 20 heavy (non-hydrogen) atoms. The van der Waals surface area contributed by atoms with Gasteiger partial charge >= 0.3 is 6.09 Å². The molecular formula is C15H19NO4. The van der Waals surface area contributed by atoms with Gasteiger partial charge in [0.25, 0.3) is 6.47 Å². The highest BCUT2D eigenvalue weighted by molar-refractivity contribution is 5.67. The Hall–Kier alpha value is -2.04. The summed E-state index contributed by atoms with van der Waals surface area (Å²) in [6.45, 7) is 0.679. The molecule has 0 spiro atoms. The van der Waals surface area contributed by atoms with Gasteiger partial charge in [-0.05, 0) is 24.8 Å². The van der Waals surface area contributed by atoms with E-state index in [1.807, 2.05) is 30.3 Å². The largest absolute Gasteiger partial charge is 0.462 e. The van der Waals surface area contributed by atoms with Crippen molar-refractivity contribution < 1.29 is 19.1 Å². The normalized spacial score (nSPS) is 21.8. The van der Waals surface area contributed by atoms with Crippen LogP contribution in [0.15, 0.2) is 30.3 Å². The van der Waals surface area contributed by atoms with Crippen LogP contribution in [0.4, 0.5) is 4.79 Å². The lowest BCUT2D eigenvalue weighted by Gasteiger charge is -2.30. The Kier molecular flexibility index (Phi) is 5.41. The van der Waals surface area contributed by atoms with Crippen LogP contribution < -0.4 is 5.32 Å². The number of rotatable bonds is 5. The molecule has 1 saturated carbocycles. The fourth-order valence-electron chi connectivity index (χ4n) is 2.41. The molecule has 5 heteroatoms. The summed E-state index contributed by atoms with van der Waals surface area (Å²) in [6.07, 6.45) is 2.89. The lowest BCUT2D eigenvalue weighted by molar-refractivity contribution is -0.136. The van der Waals surface area contributed by atoms with Crippen LogP contribution in [-0.4, -0.2) is 24.7 Å². The van der Waals surface area contributed by atoms with Crippen LogP contribution in [0.2, 0.25) is 0 Å². The van der Waals surface area contributed by atoms with E-state index in [0.717, 1.165) is 31.2 Å². The van der Waals surface area contributed by atoms with Crippen LogP contribution in [0.25, 0.3) is 0 Å². The minimum atomic E-state index is -0.472. The molecule has 1 aromatic carbocycles. The number of hydrogen-bond donors (Lipinski definition) is 1. The van der Waals surface area contributed by atoms with E-state index in [0.29, 0.717) is 6.47 Å². The Labute approximate surface area is 118 Å². The molecule has 1 aliphatic carbocycles. The van der Waals surface area contributed by atoms with Crippen molar-refractivity contribution in [2.45, 2.75) is 44.4 Å². The molecular weight excluding hydrogens is 258 g/mol. The Bertz CT molecular complexity index is 435. The molecule has 108 valence electrons. The van der Waals surface area contributed by atoms with Crippen LogP contribution in [-0.2, 0) is 20.9 Å². The van der Waals surface area contributed by atoms with Crippen LogP contribution >= 0.6 is 0 Å². The summed E-state index contributed by atoms with van der Waals surface area (Å²) in [5, 5.41) is 2.78. The highest BCUT2D eigenvalue weighted by Gasteiger charge is 2.28. The summed E-state index contributed by atoms with van der Waals surface area (Å²) in [5.41, 5.74) is 0.937. The van der Waals surface area contributed by atoms with E-state index in [4.69, 9.17) is 9.47 Å². The van der Waals surface area contributed by atoms with Gasteiger partial charge in [0.2, 0.25) is 0 Å². The van der Waals surface area contributed by atoms with Crippen molar-refractivity contribution >= 4 is 12.6 Å². The van der Waals surface area contributed by atoms with Crippen LogP contribution in [0.5, 0.6) is 0 Å². The average molecular weight is 277 g/mol. The predicted molar refractivity (Wildman–Crippen MR) is 73.0 cm³/mol. The molecule has 1 N–H and O–H groups in total. The van der Waals surface area contributed by atoms with Crippen molar-refractivity contribution in [2.75, 3.05) is 0 Å². The average Bonchev–Trinajstić information content (AvgIpc) is 2.49. The molecule has 2 rings (SSSR count). The van der Waals surface area contributed by atoms with Crippen LogP contribution in [0, 0.1) is 0 Å². The fraction of sp³-hybridized carbons (Fsp3) is 0.467. The van der Waals surface area contributed by atoms with E-state index in [9.17, 15) is 9.59 Å². The summed E-state index contributed by atoms with van der Waals surface area (Å²) < 4.78 is 10.2. The van der Waals surface area contributed by atoms with Crippen molar-refractivity contribution in [1.82, 2.24) is 5.32 Å². The molecule has 5 nitrogen and oxygen atoms in total. The Morgan fingerprint density at radius 1 is 1.25 bits per heavy atom. The highest BCUT2D eigenvalue weighted by atomic mass is 16.6. The number of carbonyl (C=O) groups is 2. The lowest BCUT2D eigenvalue weighted by atomic mass is 9.92. The Morgan fingerprint density at radius 3 is 2.75 bits per heavy atom. The summed E-state index contributed by atoms with van der Waals surface area (Å²) in [4.78, 5) is 22.2. The maximum absolute atomic E-state index is 11.8. The van der Waals surface area contributed by atoms with Crippen molar-refractivity contribution in [2.24, 2.45) is 0 Å². The number of benzene rings is 1. The van der Waals surface area contributed by atoms with E-state index in [1.54, 1.807) is 0 Å². The van der Waals surface area contributed by atoms with Crippen molar-refractivity contribution in [1.29, 1.82) is 0 Å². The number of amides is 1. The molecule has 0 bridgehead atoms. The molecule has 1 aliphatic rings. The first-order valence-electron chi connectivity index (χ1n) is 6.86. The van der Waals surface area contributed by atoms with Gasteiger partial charge in [-0.3, -0.25) is 4.79 Å². The van der Waals surface area contributed by atoms with Gasteiger partial charge in [-0.2, -0.15) is 0 Å². The first-order valence-corrected chi connectivity index (χ1v) is 6.86. The van der Waals surface area contributed by atoms with Crippen molar-refractivity contribution in [3.63, 3.8) is 0 Å². The first kappa shape index (κ1) is 14.4. The summed E-state index contributed by atoms with van der Waals surface area (Å²) in [6, 6.07) is 9.33. The second kappa shape index (κ2) is 7.53. The molecule has 0 aromatic heterocycles. The molecule has 0 saturated heterocycles. The lowest BCUT2D eigenvalue weighted by Crippen LogP contribution is -2.46. The summed E-state index contributed by atoms with van der Waals surface area (Å²) in [7, 11) is 0. The molecule has 1 aromatic rings. The molecule has 1 amide bonds. The molecule has 0 heterocycles. The molecule has 0 unspecified atom stereocenters. The molecule has 0 radical (unpaired) electrons. The zero-order chi connectivity index (χ0) is 14.2. The summed E-state index contributed by atoms with van der Waals surface area (Å²) in [5.74, 6) is 0. The second-order valence-corrected chi connectivity index (χ2v) is 4.87. The zero-order valence-electron chi connectivity index (χ0n) is 11.3. The highest BCUT2D eigenvalue weighted by Crippen LogP contribution is 2.21. The van der Waals surface area contributed by atoms with Crippen molar-refractivity contribution in [3.05, 3.63) is 35.9 Å². The third-order valence-electron chi connectivity index (χ3n) is 3.45. The minimum Gasteiger partial charge on any atom is -0.462 e. The number of alkyl carbamates (subject to hydrolysis) is 1. The minimum absolute atomic E-state index is 0.155. The fourth-order valence-corrected chi connectivity index (χ4v) is 2.41. The zero-order valence-corrected chi connectivity index (χ0v) is 11.3. The van der Waals surface area contributed by atoms with Crippen LogP contribution in [0.3, 0.4) is 0 Å². The maximum atomic E-state index is 11.8. The standard InChI is InChI=1S/C15H19NO4/c17-11-20-14-9-5-4-8-13(14)16-15(18)19-10-12-6-2-1-3-7-12/h1-3,6-7,11,13-14H,4-5,8-10H2,(H,16,18)/t13-,14+/m1/s1. The first-order chi connectivity index (χ1) is 9.79. The van der Waals surface area contributed by atoms with Gasteiger partial charge in [-0.15, -0.1) is 0 Å². The Morgan fingerprint density at radius 2 is 2.00 bits per heavy atom. The third-order valence-corrected chi connectivity index (χ3v) is 3.45. The van der Waals surface area contributed by atoms with E-state index < -0.39 is 6.09 Å². The summed E-state index contributed by atoms with van der Waals surface area (Å²) >= 11 is 0. The van der Waals surface area contributed by atoms with Gasteiger partial charge in [0, 0.05) is 0 Å². The van der Waals surface area contributed by atoms with Gasteiger partial charge in [-0.25, -0.2) is 4.79 Å². The SMILES string of the molecule is O=CO[C@H]1CCCC[C@H]1NC(=O)OCc1ccccc1. The van der Waals surface area contributed by atoms with Crippen LogP contribution in [0.1, 0.15) is 31.2 Å². The maximum Gasteiger partial charge on any atom is 0.407 e. The predicted octanol–water partition coefficient (Wildman–Crippen LogP) is 2.40. The topological polar surface area (TPSA) is 64.6 Å². The molecule has 2 atom stereocenters. The quantitative estimate of drug-likeness (QED) is 0.839. The number of hydrogen-bond acceptors (Lipinski definition) is 4. The van der Waals surface area contributed by atoms with Gasteiger partial charge in [0.05, 0.1) is 6.04 Å². The van der Waals surface area contributed by atoms with Gasteiger partial charge < -0.3 is 14.8 Å². The number of carbonyl (C=O) groups excluding carboxylic acids is 2. The third kappa shape index (κ3) is 4.26. The monoisotopic (exact) mass is 277 g/mol. The van der Waals surface area contributed by atoms with Gasteiger partial charge in [0.1, 0.15) is 12.7 Å². The van der Waals surface area contributed by atoms with Gasteiger partial charge in [-0.1, -0.05) is 36.8 Å². The van der Waals surface area contributed by atoms with Crippen molar-refractivity contribution in [3.8, 4) is 0 Å². The number of nitrogens with one attached hydrogen (secondary N) is 1. The number of ether oxygens (including phenoxy) is 2. The van der Waals surface area contributed by atoms with E-state index >= 15 is 0 Å². The Balaban J connectivity index is 1.79. The molecule has 0 aliphatic heterocycles.